The Labute approximate surface area is 185 Å². The molecule has 0 atom stereocenters. The third kappa shape index (κ3) is 5.12. The van der Waals surface area contributed by atoms with Crippen LogP contribution in [-0.4, -0.2) is 22.6 Å². The van der Waals surface area contributed by atoms with Crippen molar-refractivity contribution in [3.8, 4) is 11.5 Å². The van der Waals surface area contributed by atoms with Crippen LogP contribution in [0.4, 0.5) is 22.7 Å². The lowest BCUT2D eigenvalue weighted by Crippen LogP contribution is -1.83. The second kappa shape index (κ2) is 9.95. The van der Waals surface area contributed by atoms with E-state index in [1.807, 2.05) is 48.5 Å². The summed E-state index contributed by atoms with van der Waals surface area (Å²) in [7, 11) is 0. The van der Waals surface area contributed by atoms with E-state index < -0.39 is 0 Å². The molecule has 4 aromatic rings. The van der Waals surface area contributed by atoms with Crippen molar-refractivity contribution in [2.75, 3.05) is 0 Å². The number of hydrogen-bond acceptors (Lipinski definition) is 6. The lowest BCUT2D eigenvalue weighted by Gasteiger charge is -2.05. The molecule has 0 aliphatic heterocycles. The molecular weight excluding hydrogens is 400 g/mol. The standard InChI is InChI=1S/C26H20N4O2/c31-24-15-6-4-9-19(24)17-27-22-13-8-14-23(30-29-21-11-2-1-3-12-21)26(22)28-18-20-10-5-7-16-25(20)32/h1-18,31-32H. The minimum absolute atomic E-state index is 0.124. The van der Waals surface area contributed by atoms with Gasteiger partial charge in [0.15, 0.2) is 0 Å². The third-order valence-corrected chi connectivity index (χ3v) is 4.57. The second-order valence-electron chi connectivity index (χ2n) is 6.81. The summed E-state index contributed by atoms with van der Waals surface area (Å²) in [4.78, 5) is 9.09. The number of aliphatic imine (C=N–C) groups is 2. The molecule has 6 nitrogen and oxygen atoms in total. The normalized spacial score (nSPS) is 11.6. The van der Waals surface area contributed by atoms with E-state index in [0.717, 1.165) is 0 Å². The van der Waals surface area contributed by atoms with Crippen molar-refractivity contribution in [2.24, 2.45) is 20.2 Å². The van der Waals surface area contributed by atoms with Gasteiger partial charge in [-0.25, -0.2) is 0 Å². The fraction of sp³-hybridized carbons (Fsp3) is 0. The van der Waals surface area contributed by atoms with E-state index in [-0.39, 0.29) is 11.5 Å². The summed E-state index contributed by atoms with van der Waals surface area (Å²) in [5.41, 5.74) is 3.42. The van der Waals surface area contributed by atoms with Crippen molar-refractivity contribution in [1.29, 1.82) is 0 Å². The van der Waals surface area contributed by atoms with E-state index in [0.29, 0.717) is 33.9 Å². The summed E-state index contributed by atoms with van der Waals surface area (Å²) in [6.07, 6.45) is 3.13. The number of nitrogens with zero attached hydrogens (tertiary/aromatic N) is 4. The van der Waals surface area contributed by atoms with Gasteiger partial charge in [-0.05, 0) is 48.5 Å². The molecule has 0 heterocycles. The monoisotopic (exact) mass is 420 g/mol. The zero-order valence-corrected chi connectivity index (χ0v) is 17.1. The SMILES string of the molecule is Oc1ccccc1C=Nc1cccc(N=Nc2ccccc2)c1N=Cc1ccccc1O. The highest BCUT2D eigenvalue weighted by atomic mass is 16.3. The third-order valence-electron chi connectivity index (χ3n) is 4.57. The molecule has 4 rings (SSSR count). The van der Waals surface area contributed by atoms with Crippen LogP contribution in [-0.2, 0) is 0 Å². The molecule has 0 saturated carbocycles. The Balaban J connectivity index is 1.76. The van der Waals surface area contributed by atoms with E-state index in [4.69, 9.17) is 0 Å². The second-order valence-corrected chi connectivity index (χ2v) is 6.81. The molecular formula is C26H20N4O2. The molecule has 156 valence electrons. The van der Waals surface area contributed by atoms with Crippen LogP contribution >= 0.6 is 0 Å². The van der Waals surface area contributed by atoms with Crippen LogP contribution in [0.3, 0.4) is 0 Å². The average Bonchev–Trinajstić information content (AvgIpc) is 2.83. The van der Waals surface area contributed by atoms with Gasteiger partial charge in [0.2, 0.25) is 0 Å². The van der Waals surface area contributed by atoms with E-state index in [1.165, 1.54) is 0 Å². The summed E-state index contributed by atoms with van der Waals surface area (Å²) < 4.78 is 0. The first kappa shape index (κ1) is 20.7. The van der Waals surface area contributed by atoms with Crippen LogP contribution in [0.5, 0.6) is 11.5 Å². The summed E-state index contributed by atoms with van der Waals surface area (Å²) in [6.45, 7) is 0. The van der Waals surface area contributed by atoms with Gasteiger partial charge in [-0.3, -0.25) is 9.98 Å². The summed E-state index contributed by atoms with van der Waals surface area (Å²) >= 11 is 0. The van der Waals surface area contributed by atoms with E-state index in [2.05, 4.69) is 20.2 Å². The highest BCUT2D eigenvalue weighted by molar-refractivity contribution is 5.91. The molecule has 0 bridgehead atoms. The summed E-state index contributed by atoms with van der Waals surface area (Å²) in [5, 5.41) is 28.8. The number of rotatable bonds is 6. The van der Waals surface area contributed by atoms with Crippen LogP contribution in [0.2, 0.25) is 0 Å². The molecule has 0 aromatic heterocycles. The van der Waals surface area contributed by atoms with E-state index >= 15 is 0 Å². The number of azo groups is 1. The van der Waals surface area contributed by atoms with Crippen LogP contribution in [0.15, 0.2) is 117 Å². The molecule has 0 fully saturated rings. The maximum atomic E-state index is 10.1. The van der Waals surface area contributed by atoms with Crippen LogP contribution in [0.1, 0.15) is 11.1 Å². The highest BCUT2D eigenvalue weighted by Gasteiger charge is 2.08. The molecule has 0 amide bonds. The quantitative estimate of drug-likeness (QED) is 0.259. The number of benzene rings is 4. The Morgan fingerprint density at radius 3 is 1.72 bits per heavy atom. The zero-order chi connectivity index (χ0) is 22.2. The predicted molar refractivity (Wildman–Crippen MR) is 128 cm³/mol. The fourth-order valence-electron chi connectivity index (χ4n) is 2.91. The number of para-hydroxylation sites is 3. The van der Waals surface area contributed by atoms with E-state index in [9.17, 15) is 10.2 Å². The zero-order valence-electron chi connectivity index (χ0n) is 17.1. The lowest BCUT2D eigenvalue weighted by atomic mass is 10.2. The van der Waals surface area contributed by atoms with Gasteiger partial charge < -0.3 is 10.2 Å². The Kier molecular flexibility index (Phi) is 6.43. The first-order valence-corrected chi connectivity index (χ1v) is 9.94. The van der Waals surface area contributed by atoms with Crippen LogP contribution in [0.25, 0.3) is 0 Å². The smallest absolute Gasteiger partial charge is 0.124 e. The molecule has 2 N–H and O–H groups in total. The lowest BCUT2D eigenvalue weighted by molar-refractivity contribution is 0.474. The van der Waals surface area contributed by atoms with Crippen molar-refractivity contribution in [1.82, 2.24) is 0 Å². The summed E-state index contributed by atoms with van der Waals surface area (Å²) in [5.74, 6) is 0.259. The van der Waals surface area contributed by atoms with Crippen LogP contribution in [0, 0.1) is 0 Å². The molecule has 0 unspecified atom stereocenters. The Morgan fingerprint density at radius 2 is 1.06 bits per heavy atom. The maximum absolute atomic E-state index is 10.1. The van der Waals surface area contributed by atoms with Gasteiger partial charge in [0.25, 0.3) is 0 Å². The first-order chi connectivity index (χ1) is 15.7. The maximum Gasteiger partial charge on any atom is 0.124 e. The van der Waals surface area contributed by atoms with Gasteiger partial charge in [0.1, 0.15) is 22.9 Å². The molecule has 6 heteroatoms. The van der Waals surface area contributed by atoms with Crippen molar-refractivity contribution < 1.29 is 10.2 Å². The minimum Gasteiger partial charge on any atom is -0.507 e. The molecule has 0 radical (unpaired) electrons. The fourth-order valence-corrected chi connectivity index (χ4v) is 2.91. The summed E-state index contributed by atoms with van der Waals surface area (Å²) in [6, 6.07) is 28.7. The molecule has 0 aliphatic rings. The largest absolute Gasteiger partial charge is 0.507 e. The molecule has 4 aromatic carbocycles. The number of phenolic OH excluding ortho intramolecular Hbond substituents is 2. The minimum atomic E-state index is 0.124. The van der Waals surface area contributed by atoms with Crippen LogP contribution < -0.4 is 0 Å². The number of aromatic hydroxyl groups is 2. The van der Waals surface area contributed by atoms with Crippen molar-refractivity contribution in [2.45, 2.75) is 0 Å². The van der Waals surface area contributed by atoms with Gasteiger partial charge in [0, 0.05) is 23.6 Å². The molecule has 0 spiro atoms. The van der Waals surface area contributed by atoms with Gasteiger partial charge in [0.05, 0.1) is 11.4 Å². The molecule has 0 aliphatic carbocycles. The van der Waals surface area contributed by atoms with Crippen molar-refractivity contribution in [3.63, 3.8) is 0 Å². The average molecular weight is 420 g/mol. The van der Waals surface area contributed by atoms with Gasteiger partial charge in [-0.1, -0.05) is 48.5 Å². The van der Waals surface area contributed by atoms with Gasteiger partial charge >= 0.3 is 0 Å². The highest BCUT2D eigenvalue weighted by Crippen LogP contribution is 2.38. The molecule has 0 saturated heterocycles. The molecule has 32 heavy (non-hydrogen) atoms. The Bertz CT molecular complexity index is 1300. The van der Waals surface area contributed by atoms with E-state index in [1.54, 1.807) is 61.0 Å². The first-order valence-electron chi connectivity index (χ1n) is 9.94. The van der Waals surface area contributed by atoms with Gasteiger partial charge in [-0.2, -0.15) is 5.11 Å². The van der Waals surface area contributed by atoms with Gasteiger partial charge in [-0.15, -0.1) is 5.11 Å². The van der Waals surface area contributed by atoms with Crippen molar-refractivity contribution in [3.05, 3.63) is 108 Å². The number of phenols is 2. The van der Waals surface area contributed by atoms with Crippen molar-refractivity contribution >= 4 is 35.2 Å². The Hall–Kier alpha value is -4.58. The topological polar surface area (TPSA) is 89.9 Å². The number of hydrogen-bond donors (Lipinski definition) is 2. The predicted octanol–water partition coefficient (Wildman–Crippen LogP) is 7.01. The Morgan fingerprint density at radius 1 is 0.500 bits per heavy atom.